The van der Waals surface area contributed by atoms with Crippen LogP contribution in [0.2, 0.25) is 0 Å². The predicted octanol–water partition coefficient (Wildman–Crippen LogP) is -1.24. The zero-order valence-corrected chi connectivity index (χ0v) is 6.46. The van der Waals surface area contributed by atoms with Crippen molar-refractivity contribution in [1.29, 1.82) is 0 Å². The molecule has 3 N–H and O–H groups in total. The maximum Gasteiger partial charge on any atom is 0.340 e. The average Bonchev–Trinajstić information content (AvgIpc) is 2.54. The van der Waals surface area contributed by atoms with Gasteiger partial charge in [-0.15, -0.1) is 0 Å². The number of rotatable bonds is 1. The van der Waals surface area contributed by atoms with Crippen molar-refractivity contribution in [3.8, 4) is 0 Å². The van der Waals surface area contributed by atoms with Gasteiger partial charge in [0, 0.05) is 13.1 Å². The number of nitrogens with one attached hydrogen (secondary N) is 3. The summed E-state index contributed by atoms with van der Waals surface area (Å²) in [6.45, 7) is 2.20. The maximum absolute atomic E-state index is 10.7. The molecule has 0 radical (unpaired) electrons. The molecule has 66 valence electrons. The van der Waals surface area contributed by atoms with E-state index < -0.39 is 0 Å². The molecule has 2 heterocycles. The molecule has 1 aromatic rings. The zero-order chi connectivity index (χ0) is 8.39. The summed E-state index contributed by atoms with van der Waals surface area (Å²) in [4.78, 5) is 13.2. The van der Waals surface area contributed by atoms with Crippen molar-refractivity contribution in [1.82, 2.24) is 20.5 Å². The third kappa shape index (κ3) is 1.39. The van der Waals surface area contributed by atoms with Gasteiger partial charge in [0.1, 0.15) is 6.10 Å². The Morgan fingerprint density at radius 3 is 3.08 bits per heavy atom. The molecule has 1 fully saturated rings. The Morgan fingerprint density at radius 2 is 2.50 bits per heavy atom. The van der Waals surface area contributed by atoms with Gasteiger partial charge in [-0.25, -0.2) is 9.89 Å². The van der Waals surface area contributed by atoms with Crippen LogP contribution in [-0.2, 0) is 4.74 Å². The van der Waals surface area contributed by atoms with Gasteiger partial charge in [0.2, 0.25) is 0 Å². The molecule has 1 aliphatic heterocycles. The molecule has 12 heavy (non-hydrogen) atoms. The van der Waals surface area contributed by atoms with Crippen molar-refractivity contribution in [3.63, 3.8) is 0 Å². The van der Waals surface area contributed by atoms with Crippen molar-refractivity contribution in [2.45, 2.75) is 6.10 Å². The molecule has 0 saturated carbocycles. The summed E-state index contributed by atoms with van der Waals surface area (Å²) in [5.41, 5.74) is -0.292. The first-order valence-corrected chi connectivity index (χ1v) is 3.83. The highest BCUT2D eigenvalue weighted by molar-refractivity contribution is 4.90. The number of aromatic nitrogens is 3. The van der Waals surface area contributed by atoms with Gasteiger partial charge in [-0.1, -0.05) is 0 Å². The Kier molecular flexibility index (Phi) is 1.92. The second kappa shape index (κ2) is 3.08. The first-order chi connectivity index (χ1) is 5.86. The Labute approximate surface area is 68.3 Å². The minimum atomic E-state index is -0.292. The maximum atomic E-state index is 10.7. The monoisotopic (exact) mass is 170 g/mol. The molecule has 1 unspecified atom stereocenters. The second-order valence-electron chi connectivity index (χ2n) is 2.63. The standard InChI is InChI=1S/C6H10N4O2/c11-6-8-5(9-10-6)4-3-7-1-2-12-4/h4,7H,1-3H2,(H2,8,9,10,11). The minimum Gasteiger partial charge on any atom is -0.368 e. The molecule has 2 rings (SSSR count). The Morgan fingerprint density at radius 1 is 1.58 bits per heavy atom. The third-order valence-corrected chi connectivity index (χ3v) is 1.75. The SMILES string of the molecule is O=c1[nH]nc(C2CNCCO2)[nH]1. The van der Waals surface area contributed by atoms with E-state index in [0.29, 0.717) is 19.0 Å². The lowest BCUT2D eigenvalue weighted by Gasteiger charge is -2.20. The second-order valence-corrected chi connectivity index (χ2v) is 2.63. The molecule has 0 aliphatic carbocycles. The molecule has 1 aliphatic rings. The highest BCUT2D eigenvalue weighted by Crippen LogP contribution is 2.11. The van der Waals surface area contributed by atoms with Crippen LogP contribution in [0.4, 0.5) is 0 Å². The largest absolute Gasteiger partial charge is 0.368 e. The van der Waals surface area contributed by atoms with Crippen molar-refractivity contribution in [2.75, 3.05) is 19.7 Å². The van der Waals surface area contributed by atoms with Crippen molar-refractivity contribution in [3.05, 3.63) is 16.3 Å². The fourth-order valence-electron chi connectivity index (χ4n) is 1.18. The fourth-order valence-corrected chi connectivity index (χ4v) is 1.18. The number of nitrogens with zero attached hydrogens (tertiary/aromatic N) is 1. The zero-order valence-electron chi connectivity index (χ0n) is 6.46. The number of hydrogen-bond acceptors (Lipinski definition) is 4. The highest BCUT2D eigenvalue weighted by Gasteiger charge is 2.18. The van der Waals surface area contributed by atoms with Gasteiger partial charge >= 0.3 is 5.69 Å². The molecule has 6 heteroatoms. The van der Waals surface area contributed by atoms with Crippen LogP contribution in [0, 0.1) is 0 Å². The fraction of sp³-hybridized carbons (Fsp3) is 0.667. The normalized spacial score (nSPS) is 24.2. The molecule has 1 atom stereocenters. The molecule has 6 nitrogen and oxygen atoms in total. The van der Waals surface area contributed by atoms with E-state index >= 15 is 0 Å². The lowest BCUT2D eigenvalue weighted by molar-refractivity contribution is 0.0223. The van der Waals surface area contributed by atoms with E-state index in [1.165, 1.54) is 0 Å². The van der Waals surface area contributed by atoms with Crippen molar-refractivity contribution in [2.24, 2.45) is 0 Å². The summed E-state index contributed by atoms with van der Waals surface area (Å²) in [6, 6.07) is 0. The number of ether oxygens (including phenoxy) is 1. The molecular weight excluding hydrogens is 160 g/mol. The quantitative estimate of drug-likeness (QED) is 0.492. The van der Waals surface area contributed by atoms with E-state index in [1.807, 2.05) is 0 Å². The lowest BCUT2D eigenvalue weighted by Crippen LogP contribution is -2.34. The molecule has 0 spiro atoms. The first kappa shape index (κ1) is 7.51. The smallest absolute Gasteiger partial charge is 0.340 e. The lowest BCUT2D eigenvalue weighted by atomic mass is 10.3. The summed E-state index contributed by atoms with van der Waals surface area (Å²) >= 11 is 0. The summed E-state index contributed by atoms with van der Waals surface area (Å²) in [7, 11) is 0. The van der Waals surface area contributed by atoms with Crippen LogP contribution in [0.5, 0.6) is 0 Å². The number of aromatic amines is 2. The average molecular weight is 170 g/mol. The van der Waals surface area contributed by atoms with Gasteiger partial charge in [-0.3, -0.25) is 4.98 Å². The van der Waals surface area contributed by atoms with E-state index in [-0.39, 0.29) is 11.8 Å². The molecule has 1 aromatic heterocycles. The molecule has 1 saturated heterocycles. The van der Waals surface area contributed by atoms with Gasteiger partial charge in [0.05, 0.1) is 6.61 Å². The van der Waals surface area contributed by atoms with Crippen LogP contribution >= 0.6 is 0 Å². The van der Waals surface area contributed by atoms with Gasteiger partial charge < -0.3 is 10.1 Å². The van der Waals surface area contributed by atoms with Gasteiger partial charge in [-0.2, -0.15) is 5.10 Å². The van der Waals surface area contributed by atoms with Gasteiger partial charge in [0.25, 0.3) is 0 Å². The van der Waals surface area contributed by atoms with Crippen LogP contribution < -0.4 is 11.0 Å². The summed E-state index contributed by atoms with van der Waals surface area (Å²) in [6.07, 6.45) is -0.127. The molecular formula is C6H10N4O2. The van der Waals surface area contributed by atoms with Crippen molar-refractivity contribution < 1.29 is 4.74 Å². The van der Waals surface area contributed by atoms with Gasteiger partial charge in [0.15, 0.2) is 5.82 Å². The van der Waals surface area contributed by atoms with E-state index in [4.69, 9.17) is 4.74 Å². The minimum absolute atomic E-state index is 0.127. The number of hydrogen-bond donors (Lipinski definition) is 3. The topological polar surface area (TPSA) is 82.8 Å². The Bertz CT molecular complexity index is 298. The summed E-state index contributed by atoms with van der Waals surface area (Å²) in [5, 5.41) is 9.22. The van der Waals surface area contributed by atoms with E-state index in [0.717, 1.165) is 6.54 Å². The van der Waals surface area contributed by atoms with Crippen LogP contribution in [-0.4, -0.2) is 34.9 Å². The van der Waals surface area contributed by atoms with E-state index in [9.17, 15) is 4.79 Å². The number of morpholine rings is 1. The highest BCUT2D eigenvalue weighted by atomic mass is 16.5. The Balaban J connectivity index is 2.13. The van der Waals surface area contributed by atoms with E-state index in [1.54, 1.807) is 0 Å². The Hall–Kier alpha value is -1.14. The van der Waals surface area contributed by atoms with E-state index in [2.05, 4.69) is 20.5 Å². The molecule has 0 aromatic carbocycles. The molecule has 0 bridgehead atoms. The van der Waals surface area contributed by atoms with Crippen LogP contribution in [0.25, 0.3) is 0 Å². The summed E-state index contributed by atoms with van der Waals surface area (Å²) < 4.78 is 5.36. The number of H-pyrrole nitrogens is 2. The predicted molar refractivity (Wildman–Crippen MR) is 40.8 cm³/mol. The van der Waals surface area contributed by atoms with Gasteiger partial charge in [-0.05, 0) is 0 Å². The van der Waals surface area contributed by atoms with Crippen molar-refractivity contribution >= 4 is 0 Å². The molecule has 0 amide bonds. The van der Waals surface area contributed by atoms with Crippen LogP contribution in [0.3, 0.4) is 0 Å². The van der Waals surface area contributed by atoms with Crippen LogP contribution in [0.15, 0.2) is 4.79 Å². The first-order valence-electron chi connectivity index (χ1n) is 3.83. The third-order valence-electron chi connectivity index (χ3n) is 1.75. The van der Waals surface area contributed by atoms with Crippen LogP contribution in [0.1, 0.15) is 11.9 Å². The summed E-state index contributed by atoms with van der Waals surface area (Å²) in [5.74, 6) is 0.562.